The summed E-state index contributed by atoms with van der Waals surface area (Å²) in [5.74, 6) is 0.272. The molecule has 0 spiro atoms. The summed E-state index contributed by atoms with van der Waals surface area (Å²) in [7, 11) is 1.44. The van der Waals surface area contributed by atoms with Gasteiger partial charge in [0, 0.05) is 6.54 Å². The SMILES string of the molecule is COC(=O)C(CC(C)C)NCc1cc(C)ccc1C. The van der Waals surface area contributed by atoms with Crippen molar-refractivity contribution in [3.63, 3.8) is 0 Å². The summed E-state index contributed by atoms with van der Waals surface area (Å²) in [6.45, 7) is 9.08. The molecule has 3 nitrogen and oxygen atoms in total. The zero-order valence-corrected chi connectivity index (χ0v) is 12.6. The average molecular weight is 263 g/mol. The van der Waals surface area contributed by atoms with E-state index in [0.717, 1.165) is 6.42 Å². The van der Waals surface area contributed by atoms with E-state index in [1.54, 1.807) is 0 Å². The first-order chi connectivity index (χ1) is 8.93. The lowest BCUT2D eigenvalue weighted by Gasteiger charge is -2.19. The maximum atomic E-state index is 11.7. The number of hydrogen-bond donors (Lipinski definition) is 1. The van der Waals surface area contributed by atoms with Crippen LogP contribution in [0.25, 0.3) is 0 Å². The van der Waals surface area contributed by atoms with Crippen molar-refractivity contribution in [3.8, 4) is 0 Å². The average Bonchev–Trinajstić information content (AvgIpc) is 2.36. The highest BCUT2D eigenvalue weighted by Gasteiger charge is 2.19. The molecule has 0 aliphatic heterocycles. The van der Waals surface area contributed by atoms with E-state index in [2.05, 4.69) is 51.2 Å². The molecule has 0 saturated carbocycles. The molecule has 0 radical (unpaired) electrons. The minimum atomic E-state index is -0.232. The summed E-state index contributed by atoms with van der Waals surface area (Å²) in [4.78, 5) is 11.7. The largest absolute Gasteiger partial charge is 0.468 e. The highest BCUT2D eigenvalue weighted by atomic mass is 16.5. The summed E-state index contributed by atoms with van der Waals surface area (Å²) >= 11 is 0. The Morgan fingerprint density at radius 2 is 2.00 bits per heavy atom. The van der Waals surface area contributed by atoms with Gasteiger partial charge in [0.2, 0.25) is 0 Å². The predicted octanol–water partition coefficient (Wildman–Crippen LogP) is 2.98. The molecule has 0 aliphatic rings. The Morgan fingerprint density at radius 1 is 1.32 bits per heavy atom. The summed E-state index contributed by atoms with van der Waals surface area (Å²) in [6.07, 6.45) is 0.789. The summed E-state index contributed by atoms with van der Waals surface area (Å²) in [5, 5.41) is 3.31. The lowest BCUT2D eigenvalue weighted by Crippen LogP contribution is -2.38. The van der Waals surface area contributed by atoms with Crippen LogP contribution in [0, 0.1) is 19.8 Å². The fourth-order valence-corrected chi connectivity index (χ4v) is 2.10. The molecule has 1 aromatic rings. The molecule has 1 unspecified atom stereocenters. The highest BCUT2D eigenvalue weighted by molar-refractivity contribution is 5.75. The van der Waals surface area contributed by atoms with Gasteiger partial charge >= 0.3 is 5.97 Å². The second-order valence-electron chi connectivity index (χ2n) is 5.52. The van der Waals surface area contributed by atoms with Gasteiger partial charge in [0.25, 0.3) is 0 Å². The molecule has 3 heteroatoms. The van der Waals surface area contributed by atoms with Crippen LogP contribution in [-0.4, -0.2) is 19.1 Å². The number of carbonyl (C=O) groups is 1. The second kappa shape index (κ2) is 7.29. The number of rotatable bonds is 6. The first kappa shape index (κ1) is 15.7. The third-order valence-electron chi connectivity index (χ3n) is 3.24. The van der Waals surface area contributed by atoms with Crippen molar-refractivity contribution in [1.29, 1.82) is 0 Å². The van der Waals surface area contributed by atoms with E-state index in [1.165, 1.54) is 23.8 Å². The summed E-state index contributed by atoms with van der Waals surface area (Å²) in [6, 6.07) is 6.14. The normalized spacial score (nSPS) is 12.5. The van der Waals surface area contributed by atoms with Crippen LogP contribution in [0.2, 0.25) is 0 Å². The molecule has 0 heterocycles. The molecule has 106 valence electrons. The van der Waals surface area contributed by atoms with Crippen LogP contribution >= 0.6 is 0 Å². The van der Waals surface area contributed by atoms with Crippen LogP contribution in [-0.2, 0) is 16.1 Å². The number of hydrogen-bond acceptors (Lipinski definition) is 3. The zero-order chi connectivity index (χ0) is 14.4. The van der Waals surface area contributed by atoms with Gasteiger partial charge in [-0.3, -0.25) is 4.79 Å². The van der Waals surface area contributed by atoms with E-state index in [0.29, 0.717) is 12.5 Å². The van der Waals surface area contributed by atoms with E-state index >= 15 is 0 Å². The lowest BCUT2D eigenvalue weighted by atomic mass is 10.0. The van der Waals surface area contributed by atoms with Crippen molar-refractivity contribution in [2.24, 2.45) is 5.92 Å². The number of methoxy groups -OCH3 is 1. The Hall–Kier alpha value is -1.35. The number of aryl methyl sites for hydroxylation is 2. The van der Waals surface area contributed by atoms with Gasteiger partial charge in [-0.1, -0.05) is 37.6 Å². The van der Waals surface area contributed by atoms with Crippen molar-refractivity contribution in [2.45, 2.75) is 46.7 Å². The third-order valence-corrected chi connectivity index (χ3v) is 3.24. The number of esters is 1. The Morgan fingerprint density at radius 3 is 2.58 bits per heavy atom. The third kappa shape index (κ3) is 5.03. The standard InChI is InChI=1S/C16H25NO2/c1-11(2)8-15(16(18)19-5)17-10-14-9-12(3)6-7-13(14)4/h6-7,9,11,15,17H,8,10H2,1-5H3. The molecule has 0 fully saturated rings. The maximum Gasteiger partial charge on any atom is 0.322 e. The molecular weight excluding hydrogens is 238 g/mol. The van der Waals surface area contributed by atoms with E-state index in [4.69, 9.17) is 4.74 Å². The summed E-state index contributed by atoms with van der Waals surface area (Å²) in [5.41, 5.74) is 3.71. The smallest absolute Gasteiger partial charge is 0.322 e. The van der Waals surface area contributed by atoms with E-state index in [1.807, 2.05) is 0 Å². The number of nitrogens with one attached hydrogen (secondary N) is 1. The summed E-state index contributed by atoms with van der Waals surface area (Å²) < 4.78 is 4.85. The second-order valence-corrected chi connectivity index (χ2v) is 5.52. The van der Waals surface area contributed by atoms with Crippen LogP contribution in [0.1, 0.15) is 37.0 Å². The number of benzene rings is 1. The molecule has 1 atom stereocenters. The minimum absolute atomic E-state index is 0.181. The van der Waals surface area contributed by atoms with Crippen LogP contribution in [0.5, 0.6) is 0 Å². The van der Waals surface area contributed by atoms with Crippen LogP contribution < -0.4 is 5.32 Å². The molecule has 1 rings (SSSR count). The van der Waals surface area contributed by atoms with Crippen molar-refractivity contribution >= 4 is 5.97 Å². The van der Waals surface area contributed by atoms with E-state index in [9.17, 15) is 4.79 Å². The fraction of sp³-hybridized carbons (Fsp3) is 0.562. The topological polar surface area (TPSA) is 38.3 Å². The fourth-order valence-electron chi connectivity index (χ4n) is 2.10. The van der Waals surface area contributed by atoms with Gasteiger partial charge in [0.05, 0.1) is 7.11 Å². The molecule has 0 aromatic heterocycles. The quantitative estimate of drug-likeness (QED) is 0.802. The first-order valence-electron chi connectivity index (χ1n) is 6.81. The highest BCUT2D eigenvalue weighted by Crippen LogP contribution is 2.12. The van der Waals surface area contributed by atoms with Crippen LogP contribution in [0.15, 0.2) is 18.2 Å². The van der Waals surface area contributed by atoms with E-state index < -0.39 is 0 Å². The van der Waals surface area contributed by atoms with Gasteiger partial charge in [-0.2, -0.15) is 0 Å². The molecule has 19 heavy (non-hydrogen) atoms. The number of ether oxygens (including phenoxy) is 1. The van der Waals surface area contributed by atoms with Crippen molar-refractivity contribution in [1.82, 2.24) is 5.32 Å². The maximum absolute atomic E-state index is 11.7. The monoisotopic (exact) mass is 263 g/mol. The Bertz CT molecular complexity index is 427. The predicted molar refractivity (Wildman–Crippen MR) is 78.0 cm³/mol. The zero-order valence-electron chi connectivity index (χ0n) is 12.6. The molecule has 1 aromatic carbocycles. The van der Waals surface area contributed by atoms with Gasteiger partial charge in [0.1, 0.15) is 6.04 Å². The molecule has 0 bridgehead atoms. The molecule has 0 amide bonds. The molecule has 0 saturated heterocycles. The van der Waals surface area contributed by atoms with Crippen molar-refractivity contribution in [2.75, 3.05) is 7.11 Å². The molecular formula is C16H25NO2. The Kier molecular flexibility index (Phi) is 6.03. The Labute approximate surface area is 116 Å². The van der Waals surface area contributed by atoms with Crippen molar-refractivity contribution < 1.29 is 9.53 Å². The van der Waals surface area contributed by atoms with Gasteiger partial charge in [-0.25, -0.2) is 0 Å². The lowest BCUT2D eigenvalue weighted by molar-refractivity contribution is -0.143. The first-order valence-corrected chi connectivity index (χ1v) is 6.81. The Balaban J connectivity index is 2.70. The van der Waals surface area contributed by atoms with Gasteiger partial charge in [-0.05, 0) is 37.3 Å². The van der Waals surface area contributed by atoms with Gasteiger partial charge in [0.15, 0.2) is 0 Å². The van der Waals surface area contributed by atoms with E-state index in [-0.39, 0.29) is 12.0 Å². The van der Waals surface area contributed by atoms with Gasteiger partial charge < -0.3 is 10.1 Å². The van der Waals surface area contributed by atoms with Crippen LogP contribution in [0.3, 0.4) is 0 Å². The van der Waals surface area contributed by atoms with Gasteiger partial charge in [-0.15, -0.1) is 0 Å². The van der Waals surface area contributed by atoms with Crippen molar-refractivity contribution in [3.05, 3.63) is 34.9 Å². The molecule has 1 N–H and O–H groups in total. The van der Waals surface area contributed by atoms with Crippen LogP contribution in [0.4, 0.5) is 0 Å². The molecule has 0 aliphatic carbocycles. The number of carbonyl (C=O) groups excluding carboxylic acids is 1. The minimum Gasteiger partial charge on any atom is -0.468 e.